The summed E-state index contributed by atoms with van der Waals surface area (Å²) in [5.41, 5.74) is 5.41. The third kappa shape index (κ3) is 5.45. The monoisotopic (exact) mass is 364 g/mol. The van der Waals surface area contributed by atoms with Crippen molar-refractivity contribution in [2.75, 3.05) is 0 Å². The molecule has 0 atom stereocenters. The molecule has 0 aliphatic carbocycles. The molecule has 0 heterocycles. The van der Waals surface area contributed by atoms with Crippen LogP contribution in [0.5, 0.6) is 0 Å². The molecule has 0 unspecified atom stereocenters. The van der Waals surface area contributed by atoms with Crippen LogP contribution in [0.4, 0.5) is 11.4 Å². The van der Waals surface area contributed by atoms with Crippen molar-refractivity contribution in [2.45, 2.75) is 0 Å². The van der Waals surface area contributed by atoms with Crippen molar-refractivity contribution in [1.82, 2.24) is 0 Å². The van der Waals surface area contributed by atoms with Gasteiger partial charge in [-0.25, -0.2) is 9.59 Å². The molecule has 4 heteroatoms. The number of benzene rings is 3. The second-order valence-electron chi connectivity index (χ2n) is 5.92. The molecule has 0 spiro atoms. The highest BCUT2D eigenvalue weighted by molar-refractivity contribution is 5.73. The van der Waals surface area contributed by atoms with Gasteiger partial charge in [0.15, 0.2) is 0 Å². The van der Waals surface area contributed by atoms with Gasteiger partial charge in [0, 0.05) is 0 Å². The second-order valence-corrected chi connectivity index (χ2v) is 5.92. The predicted octanol–water partition coefficient (Wildman–Crippen LogP) is 5.96. The maximum Gasteiger partial charge on any atom is 0.240 e. The molecule has 0 aliphatic rings. The van der Waals surface area contributed by atoms with Crippen molar-refractivity contribution in [3.8, 4) is 0 Å². The number of hydrogen-bond acceptors (Lipinski definition) is 4. The number of aliphatic imine (C=N–C) groups is 2. The van der Waals surface area contributed by atoms with Crippen LogP contribution in [0.1, 0.15) is 22.3 Å². The zero-order valence-electron chi connectivity index (χ0n) is 14.9. The summed E-state index contributed by atoms with van der Waals surface area (Å²) in [6, 6.07) is 22.9. The molecule has 0 radical (unpaired) electrons. The highest BCUT2D eigenvalue weighted by Gasteiger charge is 1.93. The van der Waals surface area contributed by atoms with E-state index in [2.05, 4.69) is 9.98 Å². The number of nitrogens with zero attached hydrogens (tertiary/aromatic N) is 2. The first-order valence-electron chi connectivity index (χ1n) is 8.59. The summed E-state index contributed by atoms with van der Waals surface area (Å²) >= 11 is 0. The van der Waals surface area contributed by atoms with Crippen molar-refractivity contribution in [2.24, 2.45) is 9.98 Å². The van der Waals surface area contributed by atoms with E-state index in [1.807, 2.05) is 72.8 Å². The lowest BCUT2D eigenvalue weighted by atomic mass is 10.1. The normalized spacial score (nSPS) is 10.6. The Morgan fingerprint density at radius 2 is 0.714 bits per heavy atom. The van der Waals surface area contributed by atoms with Crippen molar-refractivity contribution in [3.63, 3.8) is 0 Å². The molecule has 0 bridgehead atoms. The van der Waals surface area contributed by atoms with Crippen molar-refractivity contribution in [1.29, 1.82) is 0 Å². The van der Waals surface area contributed by atoms with Gasteiger partial charge in [-0.2, -0.15) is 9.98 Å². The molecule has 0 N–H and O–H groups in total. The molecule has 28 heavy (non-hydrogen) atoms. The Hall–Kier alpha value is -4.10. The zero-order chi connectivity index (χ0) is 19.6. The quantitative estimate of drug-likeness (QED) is 0.308. The SMILES string of the molecule is O=C=Nc1ccc(/C=C/c2ccc(/C=C/c3ccc(N=C=O)cc3)cc2)cc1. The summed E-state index contributed by atoms with van der Waals surface area (Å²) in [6.07, 6.45) is 11.1. The fourth-order valence-corrected chi connectivity index (χ4v) is 2.53. The van der Waals surface area contributed by atoms with E-state index in [4.69, 9.17) is 0 Å². The van der Waals surface area contributed by atoms with Gasteiger partial charge in [-0.05, 0) is 46.5 Å². The summed E-state index contributed by atoms with van der Waals surface area (Å²) in [5.74, 6) is 0. The third-order valence-corrected chi connectivity index (χ3v) is 4.01. The van der Waals surface area contributed by atoms with Crippen LogP contribution >= 0.6 is 0 Å². The molecule has 3 aromatic rings. The van der Waals surface area contributed by atoms with Crippen LogP contribution in [0.25, 0.3) is 24.3 Å². The van der Waals surface area contributed by atoms with Gasteiger partial charge in [-0.1, -0.05) is 72.8 Å². The lowest BCUT2D eigenvalue weighted by Gasteiger charge is -1.98. The first kappa shape index (κ1) is 18.7. The Balaban J connectivity index is 1.64. The standard InChI is InChI=1S/C24H16N2O2/c27-17-25-23-13-9-21(10-14-23)7-5-19-1-2-20(4-3-19)6-8-22-11-15-24(16-12-22)26-18-28/h1-16H/b7-5+,8-6+. The molecule has 134 valence electrons. The Kier molecular flexibility index (Phi) is 6.38. The van der Waals surface area contributed by atoms with Gasteiger partial charge in [-0.3, -0.25) is 0 Å². The van der Waals surface area contributed by atoms with Crippen LogP contribution in [0.3, 0.4) is 0 Å². The van der Waals surface area contributed by atoms with E-state index in [1.165, 1.54) is 12.2 Å². The molecule has 0 saturated heterocycles. The van der Waals surface area contributed by atoms with Crippen LogP contribution in [0.2, 0.25) is 0 Å². The Morgan fingerprint density at radius 3 is 0.964 bits per heavy atom. The summed E-state index contributed by atoms with van der Waals surface area (Å²) < 4.78 is 0. The highest BCUT2D eigenvalue weighted by atomic mass is 16.1. The maximum atomic E-state index is 10.2. The average molecular weight is 364 g/mol. The van der Waals surface area contributed by atoms with E-state index in [0.717, 1.165) is 22.3 Å². The minimum absolute atomic E-state index is 0.592. The second kappa shape index (κ2) is 9.56. The number of rotatable bonds is 6. The molecule has 0 saturated carbocycles. The summed E-state index contributed by atoms with van der Waals surface area (Å²) in [6.45, 7) is 0. The van der Waals surface area contributed by atoms with Gasteiger partial charge in [0.05, 0.1) is 11.4 Å². The molecule has 3 aromatic carbocycles. The van der Waals surface area contributed by atoms with Crippen molar-refractivity contribution in [3.05, 3.63) is 95.1 Å². The average Bonchev–Trinajstić information content (AvgIpc) is 2.74. The Labute approximate surface area is 162 Å². The molecule has 0 aromatic heterocycles. The number of isocyanates is 2. The van der Waals surface area contributed by atoms with Gasteiger partial charge < -0.3 is 0 Å². The van der Waals surface area contributed by atoms with Gasteiger partial charge >= 0.3 is 0 Å². The fraction of sp³-hybridized carbons (Fsp3) is 0. The molecule has 0 fully saturated rings. The Morgan fingerprint density at radius 1 is 0.464 bits per heavy atom. The van der Waals surface area contributed by atoms with Crippen LogP contribution in [-0.4, -0.2) is 12.2 Å². The van der Waals surface area contributed by atoms with E-state index in [-0.39, 0.29) is 0 Å². The van der Waals surface area contributed by atoms with E-state index in [1.54, 1.807) is 24.3 Å². The van der Waals surface area contributed by atoms with Crippen LogP contribution < -0.4 is 0 Å². The van der Waals surface area contributed by atoms with E-state index in [9.17, 15) is 9.59 Å². The highest BCUT2D eigenvalue weighted by Crippen LogP contribution is 2.17. The van der Waals surface area contributed by atoms with Gasteiger partial charge in [0.2, 0.25) is 12.2 Å². The molecular formula is C24H16N2O2. The minimum Gasteiger partial charge on any atom is -0.211 e. The molecular weight excluding hydrogens is 348 g/mol. The lowest BCUT2D eigenvalue weighted by molar-refractivity contribution is 0.564. The van der Waals surface area contributed by atoms with Crippen LogP contribution in [-0.2, 0) is 9.59 Å². The third-order valence-electron chi connectivity index (χ3n) is 4.01. The van der Waals surface area contributed by atoms with E-state index < -0.39 is 0 Å². The molecule has 3 rings (SSSR count). The smallest absolute Gasteiger partial charge is 0.211 e. The first-order chi connectivity index (χ1) is 13.8. The van der Waals surface area contributed by atoms with Crippen molar-refractivity contribution >= 4 is 47.8 Å². The van der Waals surface area contributed by atoms with Crippen molar-refractivity contribution < 1.29 is 9.59 Å². The van der Waals surface area contributed by atoms with Crippen LogP contribution in [0.15, 0.2) is 82.8 Å². The predicted molar refractivity (Wildman–Crippen MR) is 113 cm³/mol. The van der Waals surface area contributed by atoms with E-state index in [0.29, 0.717) is 11.4 Å². The van der Waals surface area contributed by atoms with E-state index >= 15 is 0 Å². The zero-order valence-corrected chi connectivity index (χ0v) is 14.9. The minimum atomic E-state index is 0.592. The first-order valence-corrected chi connectivity index (χ1v) is 8.59. The van der Waals surface area contributed by atoms with Gasteiger partial charge in [0.1, 0.15) is 0 Å². The fourth-order valence-electron chi connectivity index (χ4n) is 2.53. The van der Waals surface area contributed by atoms with Gasteiger partial charge in [-0.15, -0.1) is 0 Å². The maximum absolute atomic E-state index is 10.2. The largest absolute Gasteiger partial charge is 0.240 e. The molecule has 0 amide bonds. The summed E-state index contributed by atoms with van der Waals surface area (Å²) in [5, 5.41) is 0. The topological polar surface area (TPSA) is 58.9 Å². The molecule has 4 nitrogen and oxygen atoms in total. The lowest BCUT2D eigenvalue weighted by Crippen LogP contribution is -1.76. The van der Waals surface area contributed by atoms with Gasteiger partial charge in [0.25, 0.3) is 0 Å². The summed E-state index contributed by atoms with van der Waals surface area (Å²) in [4.78, 5) is 27.6. The Bertz CT molecular complexity index is 990. The number of carbonyl (C=O) groups excluding carboxylic acids is 2. The summed E-state index contributed by atoms with van der Waals surface area (Å²) in [7, 11) is 0. The molecule has 0 aliphatic heterocycles. The number of hydrogen-bond donors (Lipinski definition) is 0. The van der Waals surface area contributed by atoms with Crippen LogP contribution in [0, 0.1) is 0 Å².